The third-order valence-corrected chi connectivity index (χ3v) is 6.75. The van der Waals surface area contributed by atoms with Crippen LogP contribution in [0.5, 0.6) is 5.88 Å². The molecule has 1 aromatic heterocycles. The summed E-state index contributed by atoms with van der Waals surface area (Å²) in [6.45, 7) is 2.87. The molecule has 0 unspecified atom stereocenters. The molecule has 2 fully saturated rings. The Morgan fingerprint density at radius 2 is 2.14 bits per heavy atom. The fourth-order valence-corrected chi connectivity index (χ4v) is 5.12. The molecule has 2 aromatic rings. The van der Waals surface area contributed by atoms with E-state index in [1.807, 2.05) is 42.5 Å². The zero-order valence-corrected chi connectivity index (χ0v) is 16.6. The molecule has 7 heteroatoms. The second kappa shape index (κ2) is 7.83. The van der Waals surface area contributed by atoms with Gasteiger partial charge >= 0.3 is 0 Å². The first-order valence-corrected chi connectivity index (χ1v) is 10.4. The predicted octanol–water partition coefficient (Wildman–Crippen LogP) is 2.73. The topological polar surface area (TPSA) is 71.5 Å². The summed E-state index contributed by atoms with van der Waals surface area (Å²) >= 11 is 1.70. The minimum Gasteiger partial charge on any atom is -0.473 e. The lowest BCUT2D eigenvalue weighted by atomic mass is 10.2. The minimum atomic E-state index is -0.388. The number of aromatic nitrogens is 1. The molecule has 0 bridgehead atoms. The molecule has 28 heavy (non-hydrogen) atoms. The van der Waals surface area contributed by atoms with Crippen LogP contribution in [0.3, 0.4) is 0 Å². The van der Waals surface area contributed by atoms with Crippen LogP contribution in [0.1, 0.15) is 30.9 Å². The zero-order chi connectivity index (χ0) is 19.6. The number of hydrogen-bond donors (Lipinski definition) is 1. The fraction of sp³-hybridized carbons (Fsp3) is 0.381. The molecule has 0 radical (unpaired) electrons. The van der Waals surface area contributed by atoms with Gasteiger partial charge in [-0.15, -0.1) is 11.8 Å². The van der Waals surface area contributed by atoms with E-state index in [1.165, 1.54) is 0 Å². The van der Waals surface area contributed by atoms with Gasteiger partial charge < -0.3 is 15.0 Å². The number of nitrogens with zero attached hydrogens (tertiary/aromatic N) is 2. The molecule has 0 aliphatic carbocycles. The second-order valence-electron chi connectivity index (χ2n) is 7.26. The van der Waals surface area contributed by atoms with E-state index < -0.39 is 0 Å². The summed E-state index contributed by atoms with van der Waals surface area (Å²) in [5.74, 6) is 1.15. The monoisotopic (exact) mass is 397 g/mol. The third-order valence-electron chi connectivity index (χ3n) is 5.24. The van der Waals surface area contributed by atoms with Gasteiger partial charge in [-0.05, 0) is 30.5 Å². The Hall–Kier alpha value is -2.54. The summed E-state index contributed by atoms with van der Waals surface area (Å²) in [6, 6.07) is 13.2. The largest absolute Gasteiger partial charge is 0.473 e. The molecule has 2 saturated heterocycles. The van der Waals surface area contributed by atoms with Crippen molar-refractivity contribution in [2.45, 2.75) is 43.8 Å². The molecule has 0 spiro atoms. The first-order chi connectivity index (χ1) is 13.5. The smallest absolute Gasteiger partial charge is 0.243 e. The van der Waals surface area contributed by atoms with Gasteiger partial charge in [0, 0.05) is 31.0 Å². The molecule has 1 aromatic carbocycles. The van der Waals surface area contributed by atoms with Gasteiger partial charge in [0.15, 0.2) is 0 Å². The molecule has 2 atom stereocenters. The molecule has 6 nitrogen and oxygen atoms in total. The van der Waals surface area contributed by atoms with Gasteiger partial charge in [0.2, 0.25) is 17.7 Å². The zero-order valence-electron chi connectivity index (χ0n) is 15.8. The standard InChI is InChI=1S/C21H23N3O3S/c1-21-9-7-19(25)24(21)17(14-28-21)20(26)23-12-16-8-10-22-18(11-16)27-13-15-5-3-2-4-6-15/h2-6,8,10-11,17H,7,9,12-14H2,1H3,(H,23,26)/t17-,21+/m0/s1. The fourth-order valence-electron chi connectivity index (χ4n) is 3.69. The highest BCUT2D eigenvalue weighted by atomic mass is 32.2. The highest BCUT2D eigenvalue weighted by molar-refractivity contribution is 8.01. The number of ether oxygens (including phenoxy) is 1. The normalized spacial score (nSPS) is 23.5. The van der Waals surface area contributed by atoms with Crippen LogP contribution in [-0.2, 0) is 22.7 Å². The average molecular weight is 398 g/mol. The molecule has 0 saturated carbocycles. The molecule has 2 amide bonds. The number of thioether (sulfide) groups is 1. The van der Waals surface area contributed by atoms with Crippen LogP contribution in [-0.4, -0.2) is 38.4 Å². The Morgan fingerprint density at radius 3 is 2.96 bits per heavy atom. The lowest BCUT2D eigenvalue weighted by molar-refractivity contribution is -0.138. The van der Waals surface area contributed by atoms with E-state index in [2.05, 4.69) is 17.2 Å². The van der Waals surface area contributed by atoms with Crippen molar-refractivity contribution in [3.63, 3.8) is 0 Å². The number of carbonyl (C=O) groups is 2. The molecule has 146 valence electrons. The summed E-state index contributed by atoms with van der Waals surface area (Å²) in [5.41, 5.74) is 1.98. The van der Waals surface area contributed by atoms with E-state index in [1.54, 1.807) is 22.9 Å². The molecule has 3 heterocycles. The summed E-state index contributed by atoms with van der Waals surface area (Å²) in [7, 11) is 0. The highest BCUT2D eigenvalue weighted by Gasteiger charge is 2.52. The van der Waals surface area contributed by atoms with Crippen LogP contribution in [0.15, 0.2) is 48.7 Å². The highest BCUT2D eigenvalue weighted by Crippen LogP contribution is 2.47. The van der Waals surface area contributed by atoms with Crippen molar-refractivity contribution in [2.75, 3.05) is 5.75 Å². The lowest BCUT2D eigenvalue weighted by Crippen LogP contribution is -2.49. The van der Waals surface area contributed by atoms with Crippen LogP contribution in [0, 0.1) is 0 Å². The van der Waals surface area contributed by atoms with Gasteiger partial charge in [0.1, 0.15) is 12.6 Å². The van der Waals surface area contributed by atoms with Gasteiger partial charge in [0.05, 0.1) is 4.87 Å². The van der Waals surface area contributed by atoms with Crippen molar-refractivity contribution >= 4 is 23.6 Å². The number of fused-ring (bicyclic) bond motifs is 1. The molecule has 1 N–H and O–H groups in total. The summed E-state index contributed by atoms with van der Waals surface area (Å²) in [4.78, 5) is 30.6. The summed E-state index contributed by atoms with van der Waals surface area (Å²) < 4.78 is 5.74. The number of amides is 2. The minimum absolute atomic E-state index is 0.0770. The van der Waals surface area contributed by atoms with Gasteiger partial charge in [-0.1, -0.05) is 30.3 Å². The van der Waals surface area contributed by atoms with E-state index in [9.17, 15) is 9.59 Å². The Labute approximate surface area is 168 Å². The van der Waals surface area contributed by atoms with Crippen molar-refractivity contribution in [1.82, 2.24) is 15.2 Å². The van der Waals surface area contributed by atoms with E-state index in [4.69, 9.17) is 4.74 Å². The van der Waals surface area contributed by atoms with Crippen molar-refractivity contribution in [3.8, 4) is 5.88 Å². The first-order valence-electron chi connectivity index (χ1n) is 9.41. The Morgan fingerprint density at radius 1 is 1.32 bits per heavy atom. The Kier molecular flexibility index (Phi) is 5.26. The summed E-state index contributed by atoms with van der Waals surface area (Å²) in [6.07, 6.45) is 3.01. The molecule has 4 rings (SSSR count). The van der Waals surface area contributed by atoms with E-state index in [0.29, 0.717) is 31.2 Å². The number of benzene rings is 1. The summed E-state index contributed by atoms with van der Waals surface area (Å²) in [5, 5.41) is 2.96. The predicted molar refractivity (Wildman–Crippen MR) is 108 cm³/mol. The van der Waals surface area contributed by atoms with Crippen LogP contribution in [0.4, 0.5) is 0 Å². The maximum Gasteiger partial charge on any atom is 0.243 e. The van der Waals surface area contributed by atoms with E-state index in [-0.39, 0.29) is 22.7 Å². The molecule has 2 aliphatic heterocycles. The molecular weight excluding hydrogens is 374 g/mol. The number of pyridine rings is 1. The van der Waals surface area contributed by atoms with Crippen LogP contribution < -0.4 is 10.1 Å². The van der Waals surface area contributed by atoms with Gasteiger partial charge in [0.25, 0.3) is 0 Å². The SMILES string of the molecule is C[C@@]12CCC(=O)N1[C@H](C(=O)NCc1ccnc(OCc3ccccc3)c1)CS2. The van der Waals surface area contributed by atoms with Crippen molar-refractivity contribution in [3.05, 3.63) is 59.8 Å². The van der Waals surface area contributed by atoms with E-state index >= 15 is 0 Å². The lowest BCUT2D eigenvalue weighted by Gasteiger charge is -2.29. The van der Waals surface area contributed by atoms with Gasteiger partial charge in [-0.3, -0.25) is 9.59 Å². The number of hydrogen-bond acceptors (Lipinski definition) is 5. The second-order valence-corrected chi connectivity index (χ2v) is 8.76. The molecule has 2 aliphatic rings. The number of nitrogens with one attached hydrogen (secondary N) is 1. The maximum absolute atomic E-state index is 12.7. The third kappa shape index (κ3) is 3.85. The van der Waals surface area contributed by atoms with Crippen LogP contribution >= 0.6 is 11.8 Å². The van der Waals surface area contributed by atoms with Crippen molar-refractivity contribution in [2.24, 2.45) is 0 Å². The van der Waals surface area contributed by atoms with Crippen LogP contribution in [0.2, 0.25) is 0 Å². The number of carbonyl (C=O) groups excluding carboxylic acids is 2. The quantitative estimate of drug-likeness (QED) is 0.812. The van der Waals surface area contributed by atoms with E-state index in [0.717, 1.165) is 17.5 Å². The Balaban J connectivity index is 1.33. The van der Waals surface area contributed by atoms with Gasteiger partial charge in [-0.25, -0.2) is 4.98 Å². The van der Waals surface area contributed by atoms with Crippen molar-refractivity contribution in [1.29, 1.82) is 0 Å². The van der Waals surface area contributed by atoms with Gasteiger partial charge in [-0.2, -0.15) is 0 Å². The van der Waals surface area contributed by atoms with Crippen LogP contribution in [0.25, 0.3) is 0 Å². The Bertz CT molecular complexity index is 876. The molecular formula is C21H23N3O3S. The van der Waals surface area contributed by atoms with Crippen molar-refractivity contribution < 1.29 is 14.3 Å². The number of rotatable bonds is 6. The maximum atomic E-state index is 12.7. The average Bonchev–Trinajstić information content (AvgIpc) is 3.21. The first kappa shape index (κ1) is 18.8.